The minimum atomic E-state index is -1.19. The lowest BCUT2D eigenvalue weighted by atomic mass is 10.0. The summed E-state index contributed by atoms with van der Waals surface area (Å²) >= 11 is 0. The van der Waals surface area contributed by atoms with Gasteiger partial charge in [0.05, 0.1) is 12.6 Å². The highest BCUT2D eigenvalue weighted by Gasteiger charge is 2.25. The van der Waals surface area contributed by atoms with Crippen molar-refractivity contribution in [1.29, 1.82) is 0 Å². The Balaban J connectivity index is 1.56. The van der Waals surface area contributed by atoms with Crippen LogP contribution < -0.4 is 21.7 Å². The van der Waals surface area contributed by atoms with E-state index in [2.05, 4.69) is 20.9 Å². The number of carboxylic acid groups (broad SMARTS) is 1. The molecule has 3 atom stereocenters. The van der Waals surface area contributed by atoms with Gasteiger partial charge in [0.15, 0.2) is 0 Å². The van der Waals surface area contributed by atoms with Crippen LogP contribution in [-0.4, -0.2) is 58.5 Å². The van der Waals surface area contributed by atoms with E-state index >= 15 is 0 Å². The highest BCUT2D eigenvalue weighted by molar-refractivity contribution is 5.93. The molecule has 0 radical (unpaired) electrons. The molecule has 1 aromatic heterocycles. The van der Waals surface area contributed by atoms with Crippen LogP contribution >= 0.6 is 0 Å². The second-order valence-corrected chi connectivity index (χ2v) is 8.27. The Hall–Kier alpha value is -4.18. The SMILES string of the molecule is CC(NC(=O)C(Cc1ccccc1)NC(=O)CNC(=O)C(N)Cc1c[nH]c2ccccc12)C(=O)O. The van der Waals surface area contributed by atoms with E-state index in [-0.39, 0.29) is 19.4 Å². The van der Waals surface area contributed by atoms with Crippen LogP contribution in [0.1, 0.15) is 18.1 Å². The summed E-state index contributed by atoms with van der Waals surface area (Å²) in [5, 5.41) is 17.5. The largest absolute Gasteiger partial charge is 0.480 e. The zero-order chi connectivity index (χ0) is 25.4. The Kier molecular flexibility index (Phi) is 8.58. The first-order chi connectivity index (χ1) is 16.7. The molecule has 3 aromatic rings. The maximum absolute atomic E-state index is 12.6. The normalized spacial score (nSPS) is 13.4. The highest BCUT2D eigenvalue weighted by atomic mass is 16.4. The Morgan fingerprint density at radius 1 is 0.943 bits per heavy atom. The molecule has 0 bridgehead atoms. The van der Waals surface area contributed by atoms with E-state index in [4.69, 9.17) is 10.8 Å². The Morgan fingerprint density at radius 3 is 2.34 bits per heavy atom. The molecule has 0 aliphatic carbocycles. The van der Waals surface area contributed by atoms with Crippen LogP contribution in [0.2, 0.25) is 0 Å². The molecule has 0 fully saturated rings. The summed E-state index contributed by atoms with van der Waals surface area (Å²) in [6, 6.07) is 13.6. The summed E-state index contributed by atoms with van der Waals surface area (Å²) in [6.07, 6.45) is 2.23. The Bertz CT molecular complexity index is 1190. The van der Waals surface area contributed by atoms with Gasteiger partial charge in [0.1, 0.15) is 12.1 Å². The van der Waals surface area contributed by atoms with Gasteiger partial charge in [0, 0.05) is 23.5 Å². The van der Waals surface area contributed by atoms with Gasteiger partial charge >= 0.3 is 5.97 Å². The molecule has 0 aliphatic heterocycles. The van der Waals surface area contributed by atoms with Crippen molar-refractivity contribution in [3.63, 3.8) is 0 Å². The smallest absolute Gasteiger partial charge is 0.325 e. The first-order valence-corrected chi connectivity index (χ1v) is 11.2. The molecule has 2 aromatic carbocycles. The monoisotopic (exact) mass is 479 g/mol. The first kappa shape index (κ1) is 25.4. The topological polar surface area (TPSA) is 166 Å². The molecular formula is C25H29N5O5. The molecule has 184 valence electrons. The Morgan fingerprint density at radius 2 is 1.63 bits per heavy atom. The van der Waals surface area contributed by atoms with Crippen LogP contribution in [-0.2, 0) is 32.0 Å². The lowest BCUT2D eigenvalue weighted by Crippen LogP contribution is -2.54. The number of para-hydroxylation sites is 1. The van der Waals surface area contributed by atoms with Crippen molar-refractivity contribution in [2.24, 2.45) is 5.73 Å². The number of hydrogen-bond acceptors (Lipinski definition) is 5. The number of hydrogen-bond donors (Lipinski definition) is 6. The van der Waals surface area contributed by atoms with E-state index < -0.39 is 41.8 Å². The molecule has 3 unspecified atom stereocenters. The summed E-state index contributed by atoms with van der Waals surface area (Å²) in [5.74, 6) is -2.94. The van der Waals surface area contributed by atoms with Crippen LogP contribution in [0, 0.1) is 0 Å². The quantitative estimate of drug-likeness (QED) is 0.234. The van der Waals surface area contributed by atoms with Gasteiger partial charge in [-0.25, -0.2) is 0 Å². The van der Waals surface area contributed by atoms with Crippen molar-refractivity contribution in [2.75, 3.05) is 6.54 Å². The molecule has 35 heavy (non-hydrogen) atoms. The number of carbonyl (C=O) groups excluding carboxylic acids is 3. The number of carboxylic acids is 1. The first-order valence-electron chi connectivity index (χ1n) is 11.2. The van der Waals surface area contributed by atoms with Crippen molar-refractivity contribution < 1.29 is 24.3 Å². The molecular weight excluding hydrogens is 450 g/mol. The van der Waals surface area contributed by atoms with Crippen LogP contribution in [0.3, 0.4) is 0 Å². The highest BCUT2D eigenvalue weighted by Crippen LogP contribution is 2.18. The number of rotatable bonds is 11. The fraction of sp³-hybridized carbons (Fsp3) is 0.280. The van der Waals surface area contributed by atoms with Crippen LogP contribution in [0.25, 0.3) is 10.9 Å². The molecule has 7 N–H and O–H groups in total. The Labute approximate surface area is 202 Å². The second-order valence-electron chi connectivity index (χ2n) is 8.27. The van der Waals surface area contributed by atoms with Crippen LogP contribution in [0.4, 0.5) is 0 Å². The fourth-order valence-electron chi connectivity index (χ4n) is 3.61. The van der Waals surface area contributed by atoms with E-state index in [0.29, 0.717) is 0 Å². The molecule has 0 saturated carbocycles. The number of aromatic nitrogens is 1. The summed E-state index contributed by atoms with van der Waals surface area (Å²) in [5.41, 5.74) is 8.65. The van der Waals surface area contributed by atoms with E-state index in [1.165, 1.54) is 6.92 Å². The summed E-state index contributed by atoms with van der Waals surface area (Å²) in [7, 11) is 0. The maximum Gasteiger partial charge on any atom is 0.325 e. The van der Waals surface area contributed by atoms with Gasteiger partial charge in [0.2, 0.25) is 17.7 Å². The van der Waals surface area contributed by atoms with Crippen molar-refractivity contribution in [2.45, 2.75) is 37.9 Å². The average molecular weight is 480 g/mol. The van der Waals surface area contributed by atoms with Crippen molar-refractivity contribution >= 4 is 34.6 Å². The minimum absolute atomic E-state index is 0.152. The number of aromatic amines is 1. The predicted octanol–water partition coefficient (Wildman–Crippen LogP) is 0.471. The van der Waals surface area contributed by atoms with Gasteiger partial charge in [0.25, 0.3) is 0 Å². The zero-order valence-corrected chi connectivity index (χ0v) is 19.3. The zero-order valence-electron chi connectivity index (χ0n) is 19.3. The van der Waals surface area contributed by atoms with Gasteiger partial charge in [-0.1, -0.05) is 48.5 Å². The molecule has 3 rings (SSSR count). The fourth-order valence-corrected chi connectivity index (χ4v) is 3.61. The van der Waals surface area contributed by atoms with E-state index in [1.807, 2.05) is 30.3 Å². The third-order valence-electron chi connectivity index (χ3n) is 5.54. The average Bonchev–Trinajstić information content (AvgIpc) is 3.25. The van der Waals surface area contributed by atoms with Crippen molar-refractivity contribution in [1.82, 2.24) is 20.9 Å². The molecule has 10 nitrogen and oxygen atoms in total. The summed E-state index contributed by atoms with van der Waals surface area (Å²) in [4.78, 5) is 51.8. The van der Waals surface area contributed by atoms with E-state index in [1.54, 1.807) is 30.5 Å². The summed E-state index contributed by atoms with van der Waals surface area (Å²) in [6.45, 7) is 0.949. The lowest BCUT2D eigenvalue weighted by Gasteiger charge is -2.20. The number of amides is 3. The third-order valence-corrected chi connectivity index (χ3v) is 5.54. The molecule has 0 aliphatic rings. The number of aliphatic carboxylic acids is 1. The van der Waals surface area contributed by atoms with Crippen molar-refractivity contribution in [3.8, 4) is 0 Å². The molecule has 10 heteroatoms. The second kappa shape index (κ2) is 11.8. The lowest BCUT2D eigenvalue weighted by molar-refractivity contribution is -0.141. The van der Waals surface area contributed by atoms with E-state index in [9.17, 15) is 19.2 Å². The van der Waals surface area contributed by atoms with Gasteiger partial charge in [-0.15, -0.1) is 0 Å². The van der Waals surface area contributed by atoms with Gasteiger partial charge in [-0.05, 0) is 30.5 Å². The van der Waals surface area contributed by atoms with Crippen molar-refractivity contribution in [3.05, 3.63) is 71.9 Å². The standard InChI is InChI=1S/C25H29N5O5/c1-15(25(34)35)29-24(33)21(11-16-7-3-2-4-8-16)30-22(31)14-28-23(32)19(26)12-17-13-27-20-10-6-5-9-18(17)20/h2-10,13,15,19,21,27H,11-12,14,26H2,1H3,(H,28,32)(H,29,33)(H,30,31)(H,34,35). The van der Waals surface area contributed by atoms with Crippen LogP contribution in [0.5, 0.6) is 0 Å². The molecule has 0 spiro atoms. The minimum Gasteiger partial charge on any atom is -0.480 e. The number of benzene rings is 2. The predicted molar refractivity (Wildman–Crippen MR) is 130 cm³/mol. The van der Waals surface area contributed by atoms with E-state index in [0.717, 1.165) is 22.0 Å². The number of nitrogens with one attached hydrogen (secondary N) is 4. The number of nitrogens with two attached hydrogens (primary N) is 1. The summed E-state index contributed by atoms with van der Waals surface area (Å²) < 4.78 is 0. The number of fused-ring (bicyclic) bond motifs is 1. The molecule has 0 saturated heterocycles. The molecule has 3 amide bonds. The van der Waals surface area contributed by atoms with Crippen LogP contribution in [0.15, 0.2) is 60.8 Å². The van der Waals surface area contributed by atoms with Gasteiger partial charge < -0.3 is 31.8 Å². The van der Waals surface area contributed by atoms with Gasteiger partial charge in [-0.2, -0.15) is 0 Å². The van der Waals surface area contributed by atoms with Gasteiger partial charge in [-0.3, -0.25) is 19.2 Å². The number of carbonyl (C=O) groups is 4. The third kappa shape index (κ3) is 7.15. The molecule has 1 heterocycles. The maximum atomic E-state index is 12.6. The number of H-pyrrole nitrogens is 1.